The predicted molar refractivity (Wildman–Crippen MR) is 71.8 cm³/mol. The molecule has 0 saturated heterocycles. The van der Waals surface area contributed by atoms with Crippen molar-refractivity contribution in [1.82, 2.24) is 4.98 Å². The number of benzene rings is 1. The summed E-state index contributed by atoms with van der Waals surface area (Å²) in [5.41, 5.74) is 0.726. The standard InChI is InChI=1S/C12H10Cl2FNOS/c1-12(17,4-7-5-16-6-18-7)8-2-11(15)10(14)3-9(8)13/h2-3,5-6,17H,4H2,1H3. The van der Waals surface area contributed by atoms with Gasteiger partial charge in [0.2, 0.25) is 0 Å². The van der Waals surface area contributed by atoms with Crippen molar-refractivity contribution in [3.8, 4) is 0 Å². The number of nitrogens with zero attached hydrogens (tertiary/aromatic N) is 1. The number of thiazole rings is 1. The molecule has 2 aromatic rings. The van der Waals surface area contributed by atoms with Gasteiger partial charge in [-0.3, -0.25) is 4.98 Å². The zero-order valence-electron chi connectivity index (χ0n) is 9.45. The van der Waals surface area contributed by atoms with Gasteiger partial charge >= 0.3 is 0 Å². The van der Waals surface area contributed by atoms with Gasteiger partial charge < -0.3 is 5.11 Å². The Labute approximate surface area is 118 Å². The Balaban J connectivity index is 2.37. The Morgan fingerprint density at radius 2 is 2.11 bits per heavy atom. The summed E-state index contributed by atoms with van der Waals surface area (Å²) in [5.74, 6) is -0.597. The summed E-state index contributed by atoms with van der Waals surface area (Å²) >= 11 is 13.1. The number of hydrogen-bond acceptors (Lipinski definition) is 3. The largest absolute Gasteiger partial charge is 0.385 e. The van der Waals surface area contributed by atoms with Gasteiger partial charge in [-0.2, -0.15) is 0 Å². The van der Waals surface area contributed by atoms with Crippen molar-refractivity contribution in [2.75, 3.05) is 0 Å². The summed E-state index contributed by atoms with van der Waals surface area (Å²) in [6.07, 6.45) is 1.98. The molecule has 0 aliphatic heterocycles. The molecule has 1 N–H and O–H groups in total. The van der Waals surface area contributed by atoms with E-state index in [2.05, 4.69) is 4.98 Å². The van der Waals surface area contributed by atoms with Gasteiger partial charge in [-0.1, -0.05) is 23.2 Å². The molecule has 0 aliphatic rings. The van der Waals surface area contributed by atoms with Gasteiger partial charge in [0.1, 0.15) is 5.82 Å². The molecule has 1 unspecified atom stereocenters. The number of aromatic nitrogens is 1. The van der Waals surface area contributed by atoms with Crippen LogP contribution >= 0.6 is 34.5 Å². The van der Waals surface area contributed by atoms with Crippen molar-refractivity contribution in [3.05, 3.63) is 50.1 Å². The van der Waals surface area contributed by atoms with Gasteiger partial charge in [-0.15, -0.1) is 11.3 Å². The van der Waals surface area contributed by atoms with E-state index in [1.165, 1.54) is 23.5 Å². The third-order valence-corrected chi connectivity index (χ3v) is 3.97. The average Bonchev–Trinajstić information content (AvgIpc) is 2.75. The molecule has 6 heteroatoms. The number of aliphatic hydroxyl groups is 1. The number of rotatable bonds is 3. The Morgan fingerprint density at radius 1 is 1.39 bits per heavy atom. The summed E-state index contributed by atoms with van der Waals surface area (Å²) in [6.45, 7) is 1.58. The Morgan fingerprint density at radius 3 is 2.72 bits per heavy atom. The maximum Gasteiger partial charge on any atom is 0.142 e. The molecular weight excluding hydrogens is 296 g/mol. The van der Waals surface area contributed by atoms with E-state index >= 15 is 0 Å². The third kappa shape index (κ3) is 2.83. The maximum absolute atomic E-state index is 13.5. The molecule has 1 aromatic heterocycles. The lowest BCUT2D eigenvalue weighted by Crippen LogP contribution is -2.24. The van der Waals surface area contributed by atoms with Crippen LogP contribution in [-0.2, 0) is 12.0 Å². The van der Waals surface area contributed by atoms with Gasteiger partial charge in [0.15, 0.2) is 0 Å². The first-order valence-corrected chi connectivity index (χ1v) is 6.78. The maximum atomic E-state index is 13.5. The fourth-order valence-electron chi connectivity index (χ4n) is 1.70. The average molecular weight is 306 g/mol. The molecule has 96 valence electrons. The molecule has 0 saturated carbocycles. The van der Waals surface area contributed by atoms with Crippen LogP contribution < -0.4 is 0 Å². The second kappa shape index (κ2) is 5.13. The molecule has 0 amide bonds. The van der Waals surface area contributed by atoms with Crippen LogP contribution in [0.5, 0.6) is 0 Å². The number of hydrogen-bond donors (Lipinski definition) is 1. The van der Waals surface area contributed by atoms with Crippen LogP contribution in [-0.4, -0.2) is 10.1 Å². The van der Waals surface area contributed by atoms with Gasteiger partial charge in [0, 0.05) is 28.1 Å². The SMILES string of the molecule is CC(O)(Cc1cncs1)c1cc(F)c(Cl)cc1Cl. The molecule has 1 heterocycles. The molecule has 18 heavy (non-hydrogen) atoms. The van der Waals surface area contributed by atoms with E-state index in [1.807, 2.05) is 0 Å². The van der Waals surface area contributed by atoms with Crippen LogP contribution in [0.25, 0.3) is 0 Å². The molecule has 1 atom stereocenters. The van der Waals surface area contributed by atoms with Crippen LogP contribution in [0, 0.1) is 5.82 Å². The highest BCUT2D eigenvalue weighted by molar-refractivity contribution is 7.09. The Kier molecular flexibility index (Phi) is 3.92. The summed E-state index contributed by atoms with van der Waals surface area (Å²) in [5, 5.41) is 10.6. The van der Waals surface area contributed by atoms with E-state index in [-0.39, 0.29) is 10.0 Å². The fourth-order valence-corrected chi connectivity index (χ4v) is 3.03. The van der Waals surface area contributed by atoms with Gasteiger partial charge in [-0.25, -0.2) is 4.39 Å². The quantitative estimate of drug-likeness (QED) is 0.868. The fraction of sp³-hybridized carbons (Fsp3) is 0.250. The van der Waals surface area contributed by atoms with Crippen LogP contribution in [0.4, 0.5) is 4.39 Å². The minimum atomic E-state index is -1.27. The first kappa shape index (κ1) is 13.7. The van der Waals surface area contributed by atoms with E-state index in [1.54, 1.807) is 18.6 Å². The van der Waals surface area contributed by atoms with Crippen molar-refractivity contribution in [1.29, 1.82) is 0 Å². The summed E-state index contributed by atoms with van der Waals surface area (Å²) in [6, 6.07) is 2.47. The Bertz CT molecular complexity index is 557. The monoisotopic (exact) mass is 305 g/mol. The lowest BCUT2D eigenvalue weighted by molar-refractivity contribution is 0.0582. The van der Waals surface area contributed by atoms with Crippen molar-refractivity contribution in [2.24, 2.45) is 0 Å². The number of halogens is 3. The van der Waals surface area contributed by atoms with Gasteiger partial charge in [-0.05, 0) is 19.1 Å². The Hall–Kier alpha value is -0.680. The smallest absolute Gasteiger partial charge is 0.142 e. The molecule has 2 nitrogen and oxygen atoms in total. The second-order valence-corrected chi connectivity index (χ2v) is 5.95. The van der Waals surface area contributed by atoms with Crippen molar-refractivity contribution >= 4 is 34.5 Å². The van der Waals surface area contributed by atoms with E-state index in [0.717, 1.165) is 4.88 Å². The topological polar surface area (TPSA) is 33.1 Å². The lowest BCUT2D eigenvalue weighted by Gasteiger charge is -2.24. The van der Waals surface area contributed by atoms with Gasteiger partial charge in [0.25, 0.3) is 0 Å². The minimum Gasteiger partial charge on any atom is -0.385 e. The zero-order chi connectivity index (χ0) is 13.3. The normalized spacial score (nSPS) is 14.5. The van der Waals surface area contributed by atoms with Crippen LogP contribution in [0.15, 0.2) is 23.8 Å². The highest BCUT2D eigenvalue weighted by Gasteiger charge is 2.28. The van der Waals surface area contributed by atoms with Crippen LogP contribution in [0.1, 0.15) is 17.4 Å². The summed E-state index contributed by atoms with van der Waals surface area (Å²) < 4.78 is 13.5. The summed E-state index contributed by atoms with van der Waals surface area (Å²) in [4.78, 5) is 4.83. The third-order valence-electron chi connectivity index (χ3n) is 2.59. The molecule has 0 spiro atoms. The van der Waals surface area contributed by atoms with E-state index in [4.69, 9.17) is 23.2 Å². The van der Waals surface area contributed by atoms with Crippen molar-refractivity contribution in [2.45, 2.75) is 18.9 Å². The highest BCUT2D eigenvalue weighted by atomic mass is 35.5. The molecule has 0 aliphatic carbocycles. The van der Waals surface area contributed by atoms with Crippen molar-refractivity contribution in [3.63, 3.8) is 0 Å². The second-order valence-electron chi connectivity index (χ2n) is 4.16. The zero-order valence-corrected chi connectivity index (χ0v) is 11.8. The molecule has 2 rings (SSSR count). The first-order valence-electron chi connectivity index (χ1n) is 5.15. The summed E-state index contributed by atoms with van der Waals surface area (Å²) in [7, 11) is 0. The lowest BCUT2D eigenvalue weighted by atomic mass is 9.92. The molecule has 1 aromatic carbocycles. The van der Waals surface area contributed by atoms with Crippen LogP contribution in [0.3, 0.4) is 0 Å². The molecule has 0 bridgehead atoms. The van der Waals surface area contributed by atoms with E-state index in [9.17, 15) is 9.50 Å². The van der Waals surface area contributed by atoms with E-state index < -0.39 is 11.4 Å². The van der Waals surface area contributed by atoms with E-state index in [0.29, 0.717) is 12.0 Å². The van der Waals surface area contributed by atoms with Gasteiger partial charge in [0.05, 0.1) is 16.1 Å². The molecule has 0 radical (unpaired) electrons. The van der Waals surface area contributed by atoms with Crippen LogP contribution in [0.2, 0.25) is 10.0 Å². The first-order chi connectivity index (χ1) is 8.40. The van der Waals surface area contributed by atoms with Crippen molar-refractivity contribution < 1.29 is 9.50 Å². The highest BCUT2D eigenvalue weighted by Crippen LogP contribution is 2.34. The predicted octanol–water partition coefficient (Wildman–Crippen LogP) is 4.04. The minimum absolute atomic E-state index is 0.0580. The molecular formula is C12H10Cl2FNOS. The molecule has 0 fully saturated rings.